The van der Waals surface area contributed by atoms with Crippen LogP contribution in [0, 0.1) is 11.8 Å². The fourth-order valence-electron chi connectivity index (χ4n) is 2.71. The normalized spacial score (nSPS) is 16.5. The van der Waals surface area contributed by atoms with Crippen LogP contribution in [0.4, 0.5) is 11.5 Å². The third-order valence-corrected chi connectivity index (χ3v) is 4.08. The summed E-state index contributed by atoms with van der Waals surface area (Å²) in [5.74, 6) is 1.75. The highest BCUT2D eigenvalue weighted by Gasteiger charge is 2.24. The first-order valence-electron chi connectivity index (χ1n) is 7.12. The topological polar surface area (TPSA) is 68.5 Å². The largest absolute Gasteiger partial charge is 0.464 e. The van der Waals surface area contributed by atoms with Crippen LogP contribution in [0.1, 0.15) is 37.2 Å². The molecule has 1 aromatic heterocycles. The zero-order valence-electron chi connectivity index (χ0n) is 12.4. The van der Waals surface area contributed by atoms with Crippen molar-refractivity contribution in [1.82, 2.24) is 4.98 Å². The SMILES string of the molecule is COC(=O)c1ccc(N)c(N2CCC(C(C)C)CC2)n1. The number of ether oxygens (including phenoxy) is 1. The molecule has 0 saturated carbocycles. The molecule has 0 amide bonds. The molecule has 1 aromatic rings. The molecule has 0 atom stereocenters. The zero-order valence-corrected chi connectivity index (χ0v) is 12.4. The highest BCUT2D eigenvalue weighted by Crippen LogP contribution is 2.29. The summed E-state index contributed by atoms with van der Waals surface area (Å²) in [6.07, 6.45) is 2.28. The molecule has 5 heteroatoms. The highest BCUT2D eigenvalue weighted by molar-refractivity contribution is 5.88. The van der Waals surface area contributed by atoms with E-state index in [4.69, 9.17) is 10.5 Å². The number of rotatable bonds is 3. The predicted molar refractivity (Wildman–Crippen MR) is 79.8 cm³/mol. The number of carbonyl (C=O) groups is 1. The summed E-state index contributed by atoms with van der Waals surface area (Å²) >= 11 is 0. The van der Waals surface area contributed by atoms with Gasteiger partial charge in [0.2, 0.25) is 0 Å². The minimum atomic E-state index is -0.427. The van der Waals surface area contributed by atoms with Crippen LogP contribution in [-0.4, -0.2) is 31.2 Å². The number of nitrogen functional groups attached to an aromatic ring is 1. The highest BCUT2D eigenvalue weighted by atomic mass is 16.5. The van der Waals surface area contributed by atoms with Crippen LogP contribution < -0.4 is 10.6 Å². The van der Waals surface area contributed by atoms with Crippen LogP contribution in [-0.2, 0) is 4.74 Å². The van der Waals surface area contributed by atoms with E-state index in [0.717, 1.165) is 31.8 Å². The average molecular weight is 277 g/mol. The van der Waals surface area contributed by atoms with Gasteiger partial charge in [0.1, 0.15) is 0 Å². The Labute approximate surface area is 120 Å². The Kier molecular flexibility index (Phi) is 4.47. The Hall–Kier alpha value is -1.78. The Balaban J connectivity index is 2.15. The first kappa shape index (κ1) is 14.6. The lowest BCUT2D eigenvalue weighted by molar-refractivity contribution is 0.0594. The van der Waals surface area contributed by atoms with Crippen LogP contribution in [0.3, 0.4) is 0 Å². The molecular formula is C15H23N3O2. The Bertz CT molecular complexity index is 480. The van der Waals surface area contributed by atoms with Gasteiger partial charge in [-0.2, -0.15) is 0 Å². The summed E-state index contributed by atoms with van der Waals surface area (Å²) in [7, 11) is 1.36. The molecule has 1 aliphatic rings. The summed E-state index contributed by atoms with van der Waals surface area (Å²) in [4.78, 5) is 18.1. The van der Waals surface area contributed by atoms with Crippen molar-refractivity contribution in [3.05, 3.63) is 17.8 Å². The van der Waals surface area contributed by atoms with E-state index in [1.54, 1.807) is 12.1 Å². The van der Waals surface area contributed by atoms with Crippen molar-refractivity contribution in [3.63, 3.8) is 0 Å². The molecular weight excluding hydrogens is 254 g/mol. The maximum atomic E-state index is 11.6. The van der Waals surface area contributed by atoms with Crippen LogP contribution in [0.5, 0.6) is 0 Å². The number of hydrogen-bond acceptors (Lipinski definition) is 5. The van der Waals surface area contributed by atoms with Gasteiger partial charge in [0, 0.05) is 13.1 Å². The molecule has 2 rings (SSSR count). The van der Waals surface area contributed by atoms with Crippen molar-refractivity contribution >= 4 is 17.5 Å². The van der Waals surface area contributed by atoms with Crippen molar-refractivity contribution in [2.45, 2.75) is 26.7 Å². The molecule has 0 unspecified atom stereocenters. The van der Waals surface area contributed by atoms with Gasteiger partial charge in [-0.1, -0.05) is 13.8 Å². The minimum absolute atomic E-state index is 0.308. The second-order valence-electron chi connectivity index (χ2n) is 5.67. The predicted octanol–water partition coefficient (Wildman–Crippen LogP) is 2.32. The summed E-state index contributed by atoms with van der Waals surface area (Å²) in [6, 6.07) is 3.33. The molecule has 0 bridgehead atoms. The van der Waals surface area contributed by atoms with Gasteiger partial charge < -0.3 is 15.4 Å². The molecule has 20 heavy (non-hydrogen) atoms. The van der Waals surface area contributed by atoms with Crippen molar-refractivity contribution in [1.29, 1.82) is 0 Å². The number of pyridine rings is 1. The molecule has 0 spiro atoms. The van der Waals surface area contributed by atoms with Crippen molar-refractivity contribution in [3.8, 4) is 0 Å². The van der Waals surface area contributed by atoms with Gasteiger partial charge in [0.15, 0.2) is 11.5 Å². The molecule has 1 aliphatic heterocycles. The van der Waals surface area contributed by atoms with E-state index < -0.39 is 5.97 Å². The van der Waals surface area contributed by atoms with Gasteiger partial charge in [0.25, 0.3) is 0 Å². The third kappa shape index (κ3) is 3.03. The van der Waals surface area contributed by atoms with Crippen molar-refractivity contribution < 1.29 is 9.53 Å². The fourth-order valence-corrected chi connectivity index (χ4v) is 2.71. The number of aromatic nitrogens is 1. The Morgan fingerprint density at radius 1 is 1.40 bits per heavy atom. The maximum absolute atomic E-state index is 11.6. The summed E-state index contributed by atoms with van der Waals surface area (Å²) in [5.41, 5.74) is 6.92. The van der Waals surface area contributed by atoms with Gasteiger partial charge in [-0.15, -0.1) is 0 Å². The number of anilines is 2. The molecule has 0 aromatic carbocycles. The monoisotopic (exact) mass is 277 g/mol. The average Bonchev–Trinajstić information content (AvgIpc) is 2.47. The minimum Gasteiger partial charge on any atom is -0.464 e. The molecule has 0 radical (unpaired) electrons. The number of esters is 1. The fraction of sp³-hybridized carbons (Fsp3) is 0.600. The number of nitrogens with zero attached hydrogens (tertiary/aromatic N) is 2. The Morgan fingerprint density at radius 3 is 2.60 bits per heavy atom. The molecule has 0 aliphatic carbocycles. The second-order valence-corrected chi connectivity index (χ2v) is 5.67. The zero-order chi connectivity index (χ0) is 14.7. The van der Waals surface area contributed by atoms with E-state index >= 15 is 0 Å². The van der Waals surface area contributed by atoms with Crippen molar-refractivity contribution in [2.24, 2.45) is 11.8 Å². The number of hydrogen-bond donors (Lipinski definition) is 1. The lowest BCUT2D eigenvalue weighted by Crippen LogP contribution is -2.36. The van der Waals surface area contributed by atoms with E-state index in [0.29, 0.717) is 23.1 Å². The van der Waals surface area contributed by atoms with Gasteiger partial charge in [-0.05, 0) is 36.8 Å². The molecule has 2 heterocycles. The maximum Gasteiger partial charge on any atom is 0.356 e. The first-order valence-corrected chi connectivity index (χ1v) is 7.12. The van der Waals surface area contributed by atoms with Crippen molar-refractivity contribution in [2.75, 3.05) is 30.8 Å². The van der Waals surface area contributed by atoms with Gasteiger partial charge in [0.05, 0.1) is 12.8 Å². The quantitative estimate of drug-likeness (QED) is 0.859. The standard InChI is InChI=1S/C15H23N3O2/c1-10(2)11-6-8-18(9-7-11)14-12(16)4-5-13(17-14)15(19)20-3/h4-5,10-11H,6-9,16H2,1-3H3. The second kappa shape index (κ2) is 6.11. The number of methoxy groups -OCH3 is 1. The number of nitrogens with two attached hydrogens (primary N) is 1. The first-order chi connectivity index (χ1) is 9.52. The van der Waals surface area contributed by atoms with Crippen LogP contribution in [0.25, 0.3) is 0 Å². The number of carbonyl (C=O) groups excluding carboxylic acids is 1. The van der Waals surface area contributed by atoms with E-state index in [-0.39, 0.29) is 0 Å². The smallest absolute Gasteiger partial charge is 0.356 e. The molecule has 1 fully saturated rings. The lowest BCUT2D eigenvalue weighted by Gasteiger charge is -2.35. The summed E-state index contributed by atoms with van der Waals surface area (Å²) in [5, 5.41) is 0. The van der Waals surface area contributed by atoms with Crippen LogP contribution in [0.15, 0.2) is 12.1 Å². The molecule has 2 N–H and O–H groups in total. The number of piperidine rings is 1. The van der Waals surface area contributed by atoms with E-state index in [9.17, 15) is 4.79 Å². The van der Waals surface area contributed by atoms with E-state index in [1.807, 2.05) is 0 Å². The molecule has 110 valence electrons. The van der Waals surface area contributed by atoms with E-state index in [1.165, 1.54) is 7.11 Å². The summed E-state index contributed by atoms with van der Waals surface area (Å²) < 4.78 is 4.71. The van der Waals surface area contributed by atoms with Gasteiger partial charge in [-0.3, -0.25) is 0 Å². The summed E-state index contributed by atoms with van der Waals surface area (Å²) in [6.45, 7) is 6.41. The third-order valence-electron chi connectivity index (χ3n) is 4.08. The molecule has 1 saturated heterocycles. The van der Waals surface area contributed by atoms with E-state index in [2.05, 4.69) is 23.7 Å². The van der Waals surface area contributed by atoms with Gasteiger partial charge >= 0.3 is 5.97 Å². The van der Waals surface area contributed by atoms with Gasteiger partial charge in [-0.25, -0.2) is 9.78 Å². The lowest BCUT2D eigenvalue weighted by atomic mass is 9.87. The Morgan fingerprint density at radius 2 is 2.05 bits per heavy atom. The van der Waals surface area contributed by atoms with Crippen LogP contribution in [0.2, 0.25) is 0 Å². The van der Waals surface area contributed by atoms with Crippen LogP contribution >= 0.6 is 0 Å². The molecule has 5 nitrogen and oxygen atoms in total.